The highest BCUT2D eigenvalue weighted by atomic mass is 32.1. The molecule has 0 radical (unpaired) electrons. The van der Waals surface area contributed by atoms with Crippen molar-refractivity contribution in [3.05, 3.63) is 16.1 Å². The molecule has 1 aromatic heterocycles. The van der Waals surface area contributed by atoms with Crippen LogP contribution in [0, 0.1) is 12.8 Å². The van der Waals surface area contributed by atoms with E-state index in [9.17, 15) is 4.79 Å². The quantitative estimate of drug-likeness (QED) is 0.780. The molecule has 2 N–H and O–H groups in total. The van der Waals surface area contributed by atoms with Crippen molar-refractivity contribution in [1.82, 2.24) is 15.6 Å². The monoisotopic (exact) mass is 241 g/mol. The van der Waals surface area contributed by atoms with Crippen LogP contribution in [0.1, 0.15) is 17.6 Å². The maximum absolute atomic E-state index is 11.6. The van der Waals surface area contributed by atoms with E-state index in [2.05, 4.69) is 15.6 Å². The van der Waals surface area contributed by atoms with Crippen LogP contribution in [0.2, 0.25) is 0 Å². The lowest BCUT2D eigenvalue weighted by molar-refractivity contribution is -0.124. The molecule has 1 aromatic rings. The summed E-state index contributed by atoms with van der Waals surface area (Å²) in [7, 11) is 1.85. The predicted octanol–water partition coefficient (Wildman–Crippen LogP) is 0.966. The summed E-state index contributed by atoms with van der Waals surface area (Å²) in [6.07, 6.45) is 0.816. The minimum atomic E-state index is 0.0167. The van der Waals surface area contributed by atoms with Gasteiger partial charge in [-0.3, -0.25) is 4.79 Å². The minimum absolute atomic E-state index is 0.0167. The van der Waals surface area contributed by atoms with Crippen molar-refractivity contribution in [1.29, 1.82) is 0 Å². The van der Waals surface area contributed by atoms with Crippen molar-refractivity contribution in [3.8, 4) is 0 Å². The van der Waals surface area contributed by atoms with Crippen LogP contribution in [-0.4, -0.2) is 31.0 Å². The zero-order valence-electron chi connectivity index (χ0n) is 10.0. The van der Waals surface area contributed by atoms with E-state index >= 15 is 0 Å². The molecule has 90 valence electrons. The third-order valence-corrected chi connectivity index (χ3v) is 3.29. The van der Waals surface area contributed by atoms with Crippen molar-refractivity contribution >= 4 is 17.2 Å². The summed E-state index contributed by atoms with van der Waals surface area (Å²) in [6, 6.07) is 0. The second kappa shape index (κ2) is 6.60. The van der Waals surface area contributed by atoms with Gasteiger partial charge in [0.2, 0.25) is 5.91 Å². The molecule has 0 saturated carbocycles. The smallest absolute Gasteiger partial charge is 0.224 e. The van der Waals surface area contributed by atoms with E-state index in [-0.39, 0.29) is 11.8 Å². The molecule has 0 aliphatic carbocycles. The summed E-state index contributed by atoms with van der Waals surface area (Å²) in [5, 5.41) is 9.01. The van der Waals surface area contributed by atoms with Gasteiger partial charge < -0.3 is 10.6 Å². The molecule has 0 spiro atoms. The zero-order valence-corrected chi connectivity index (χ0v) is 10.9. The molecule has 0 aliphatic rings. The second-order valence-electron chi connectivity index (χ2n) is 3.88. The van der Waals surface area contributed by atoms with E-state index in [0.717, 1.165) is 17.1 Å². The Morgan fingerprint density at radius 1 is 1.62 bits per heavy atom. The molecular weight excluding hydrogens is 222 g/mol. The van der Waals surface area contributed by atoms with Crippen molar-refractivity contribution in [2.24, 2.45) is 5.92 Å². The molecule has 1 unspecified atom stereocenters. The molecular formula is C11H19N3OS. The van der Waals surface area contributed by atoms with Crippen LogP contribution in [0.4, 0.5) is 0 Å². The average Bonchev–Trinajstić information content (AvgIpc) is 2.64. The molecule has 1 amide bonds. The van der Waals surface area contributed by atoms with Crippen LogP contribution in [0.15, 0.2) is 5.38 Å². The molecule has 0 aliphatic heterocycles. The number of aromatic nitrogens is 1. The first kappa shape index (κ1) is 13.1. The highest BCUT2D eigenvalue weighted by molar-refractivity contribution is 7.09. The number of hydrogen-bond acceptors (Lipinski definition) is 4. The summed E-state index contributed by atoms with van der Waals surface area (Å²) in [6.45, 7) is 5.27. The molecule has 16 heavy (non-hydrogen) atoms. The number of amides is 1. The van der Waals surface area contributed by atoms with Gasteiger partial charge in [0.15, 0.2) is 0 Å². The lowest BCUT2D eigenvalue weighted by Crippen LogP contribution is -2.35. The number of carbonyl (C=O) groups excluding carboxylic acids is 1. The molecule has 1 heterocycles. The van der Waals surface area contributed by atoms with Crippen molar-refractivity contribution in [2.45, 2.75) is 20.3 Å². The summed E-state index contributed by atoms with van der Waals surface area (Å²) in [5.74, 6) is 0.116. The fourth-order valence-electron chi connectivity index (χ4n) is 1.38. The summed E-state index contributed by atoms with van der Waals surface area (Å²) < 4.78 is 0. The van der Waals surface area contributed by atoms with Gasteiger partial charge in [-0.15, -0.1) is 11.3 Å². The number of aryl methyl sites for hydroxylation is 1. The van der Waals surface area contributed by atoms with E-state index in [1.54, 1.807) is 11.3 Å². The molecule has 4 nitrogen and oxygen atoms in total. The van der Waals surface area contributed by atoms with Gasteiger partial charge in [0, 0.05) is 36.5 Å². The first-order valence-electron chi connectivity index (χ1n) is 5.46. The van der Waals surface area contributed by atoms with Crippen LogP contribution in [-0.2, 0) is 11.2 Å². The summed E-state index contributed by atoms with van der Waals surface area (Å²) in [5.41, 5.74) is 1.05. The van der Waals surface area contributed by atoms with E-state index < -0.39 is 0 Å². The van der Waals surface area contributed by atoms with Crippen molar-refractivity contribution < 1.29 is 4.79 Å². The lowest BCUT2D eigenvalue weighted by atomic mass is 10.1. The predicted molar refractivity (Wildman–Crippen MR) is 66.7 cm³/mol. The molecule has 0 aromatic carbocycles. The fourth-order valence-corrected chi connectivity index (χ4v) is 2.16. The van der Waals surface area contributed by atoms with E-state index in [1.165, 1.54) is 0 Å². The Balaban J connectivity index is 2.22. The van der Waals surface area contributed by atoms with Gasteiger partial charge in [-0.05, 0) is 14.0 Å². The molecule has 1 rings (SSSR count). The Kier molecular flexibility index (Phi) is 5.42. The number of nitrogens with zero attached hydrogens (tertiary/aromatic N) is 1. The Bertz CT molecular complexity index is 338. The SMILES string of the molecule is CNCC(C)C(=O)NCCc1nc(C)cs1. The number of carbonyl (C=O) groups is 1. The van der Waals surface area contributed by atoms with Gasteiger partial charge >= 0.3 is 0 Å². The maximum atomic E-state index is 11.6. The van der Waals surface area contributed by atoms with Gasteiger partial charge in [-0.2, -0.15) is 0 Å². The maximum Gasteiger partial charge on any atom is 0.224 e. The van der Waals surface area contributed by atoms with Crippen molar-refractivity contribution in [3.63, 3.8) is 0 Å². The van der Waals surface area contributed by atoms with Crippen LogP contribution in [0.25, 0.3) is 0 Å². The second-order valence-corrected chi connectivity index (χ2v) is 4.83. The Morgan fingerprint density at radius 3 is 2.94 bits per heavy atom. The normalized spacial score (nSPS) is 12.4. The van der Waals surface area contributed by atoms with Crippen molar-refractivity contribution in [2.75, 3.05) is 20.1 Å². The standard InChI is InChI=1S/C11H19N3OS/c1-8(6-12-3)11(15)13-5-4-10-14-9(2)7-16-10/h7-8,12H,4-6H2,1-3H3,(H,13,15). The Hall–Kier alpha value is -0.940. The highest BCUT2D eigenvalue weighted by Gasteiger charge is 2.10. The molecule has 0 bridgehead atoms. The lowest BCUT2D eigenvalue weighted by Gasteiger charge is -2.10. The number of hydrogen-bond donors (Lipinski definition) is 2. The molecule has 0 fully saturated rings. The van der Waals surface area contributed by atoms with Gasteiger partial charge in [0.25, 0.3) is 0 Å². The van der Waals surface area contributed by atoms with Crippen LogP contribution < -0.4 is 10.6 Å². The number of nitrogens with one attached hydrogen (secondary N) is 2. The minimum Gasteiger partial charge on any atom is -0.355 e. The summed E-state index contributed by atoms with van der Waals surface area (Å²) in [4.78, 5) is 15.9. The summed E-state index contributed by atoms with van der Waals surface area (Å²) >= 11 is 1.65. The molecule has 5 heteroatoms. The van der Waals surface area contributed by atoms with E-state index in [1.807, 2.05) is 26.3 Å². The third-order valence-electron chi connectivity index (χ3n) is 2.26. The van der Waals surface area contributed by atoms with Gasteiger partial charge in [0.1, 0.15) is 0 Å². The Morgan fingerprint density at radius 2 is 2.38 bits per heavy atom. The van der Waals surface area contributed by atoms with E-state index in [0.29, 0.717) is 13.1 Å². The van der Waals surface area contributed by atoms with Crippen LogP contribution in [0.3, 0.4) is 0 Å². The zero-order chi connectivity index (χ0) is 12.0. The van der Waals surface area contributed by atoms with Crippen LogP contribution >= 0.6 is 11.3 Å². The van der Waals surface area contributed by atoms with Gasteiger partial charge in [-0.25, -0.2) is 4.98 Å². The molecule has 1 atom stereocenters. The highest BCUT2D eigenvalue weighted by Crippen LogP contribution is 2.08. The van der Waals surface area contributed by atoms with Gasteiger partial charge in [-0.1, -0.05) is 6.92 Å². The number of rotatable bonds is 6. The van der Waals surface area contributed by atoms with Gasteiger partial charge in [0.05, 0.1) is 5.01 Å². The fraction of sp³-hybridized carbons (Fsp3) is 0.636. The Labute approximate surface area is 100 Å². The first-order chi connectivity index (χ1) is 7.63. The topological polar surface area (TPSA) is 54.0 Å². The average molecular weight is 241 g/mol. The largest absolute Gasteiger partial charge is 0.355 e. The van der Waals surface area contributed by atoms with E-state index in [4.69, 9.17) is 0 Å². The third kappa shape index (κ3) is 4.28. The van der Waals surface area contributed by atoms with Crippen LogP contribution in [0.5, 0.6) is 0 Å². The number of thiazole rings is 1. The first-order valence-corrected chi connectivity index (χ1v) is 6.34. The molecule has 0 saturated heterocycles.